The van der Waals surface area contributed by atoms with Gasteiger partial charge in [0.1, 0.15) is 6.04 Å². The lowest BCUT2D eigenvalue weighted by Gasteiger charge is -2.29. The number of carbonyl (C=O) groups excluding carboxylic acids is 1. The van der Waals surface area contributed by atoms with Crippen LogP contribution in [0.15, 0.2) is 0 Å². The number of nitrogens with zero attached hydrogens (tertiary/aromatic N) is 2. The second kappa shape index (κ2) is 7.47. The minimum atomic E-state index is -0.962. The molecule has 1 rings (SSSR count). The molecular formula is C14H27N3O3. The van der Waals surface area contributed by atoms with Gasteiger partial charge in [0.15, 0.2) is 0 Å². The summed E-state index contributed by atoms with van der Waals surface area (Å²) >= 11 is 0. The average molecular weight is 285 g/mol. The quantitative estimate of drug-likeness (QED) is 0.769. The molecule has 0 bridgehead atoms. The molecule has 2 N–H and O–H groups in total. The van der Waals surface area contributed by atoms with Crippen LogP contribution in [0, 0.1) is 5.92 Å². The van der Waals surface area contributed by atoms with E-state index in [0.29, 0.717) is 6.54 Å². The third-order valence-corrected chi connectivity index (χ3v) is 3.97. The number of carboxylic acids is 1. The Morgan fingerprint density at radius 1 is 1.45 bits per heavy atom. The molecule has 1 unspecified atom stereocenters. The van der Waals surface area contributed by atoms with E-state index in [1.54, 1.807) is 4.90 Å². The van der Waals surface area contributed by atoms with Crippen LogP contribution in [0.25, 0.3) is 0 Å². The van der Waals surface area contributed by atoms with Crippen molar-refractivity contribution in [3.05, 3.63) is 0 Å². The van der Waals surface area contributed by atoms with Crippen molar-refractivity contribution >= 4 is 12.0 Å². The van der Waals surface area contributed by atoms with Crippen LogP contribution in [0.5, 0.6) is 0 Å². The van der Waals surface area contributed by atoms with Crippen molar-refractivity contribution in [3.8, 4) is 0 Å². The maximum Gasteiger partial charge on any atom is 0.326 e. The molecule has 6 nitrogen and oxygen atoms in total. The Bertz CT molecular complexity index is 347. The zero-order valence-corrected chi connectivity index (χ0v) is 12.9. The highest BCUT2D eigenvalue weighted by molar-refractivity contribution is 5.83. The Morgan fingerprint density at radius 2 is 2.10 bits per heavy atom. The van der Waals surface area contributed by atoms with E-state index in [9.17, 15) is 14.7 Å². The molecule has 1 aliphatic heterocycles. The number of likely N-dealkylation sites (tertiary alicyclic amines) is 1. The van der Waals surface area contributed by atoms with E-state index in [-0.39, 0.29) is 18.0 Å². The van der Waals surface area contributed by atoms with E-state index in [0.717, 1.165) is 25.8 Å². The van der Waals surface area contributed by atoms with Gasteiger partial charge >= 0.3 is 12.0 Å². The number of urea groups is 1. The second-order valence-electron chi connectivity index (χ2n) is 5.90. The molecular weight excluding hydrogens is 258 g/mol. The van der Waals surface area contributed by atoms with Gasteiger partial charge in [0.25, 0.3) is 0 Å². The summed E-state index contributed by atoms with van der Waals surface area (Å²) in [5.74, 6) is -1.04. The molecule has 1 aliphatic rings. The predicted molar refractivity (Wildman–Crippen MR) is 77.7 cm³/mol. The van der Waals surface area contributed by atoms with Crippen LogP contribution >= 0.6 is 0 Å². The highest BCUT2D eigenvalue weighted by atomic mass is 16.4. The first-order valence-electron chi connectivity index (χ1n) is 7.31. The second-order valence-corrected chi connectivity index (χ2v) is 5.90. The Labute approximate surface area is 121 Å². The van der Waals surface area contributed by atoms with Crippen molar-refractivity contribution in [1.82, 2.24) is 15.1 Å². The van der Waals surface area contributed by atoms with Gasteiger partial charge in [-0.2, -0.15) is 0 Å². The van der Waals surface area contributed by atoms with Gasteiger partial charge in [0.05, 0.1) is 0 Å². The molecule has 0 spiro atoms. The number of hydrogen-bond donors (Lipinski definition) is 2. The lowest BCUT2D eigenvalue weighted by atomic mass is 9.99. The molecule has 1 saturated heterocycles. The fourth-order valence-electron chi connectivity index (χ4n) is 2.61. The number of amides is 2. The molecule has 1 fully saturated rings. The minimum absolute atomic E-state index is 0.0775. The molecule has 0 aliphatic carbocycles. The molecule has 1 heterocycles. The van der Waals surface area contributed by atoms with Gasteiger partial charge < -0.3 is 20.2 Å². The lowest BCUT2D eigenvalue weighted by molar-refractivity contribution is -0.140. The van der Waals surface area contributed by atoms with Crippen LogP contribution in [0.1, 0.15) is 33.1 Å². The Balaban J connectivity index is 2.66. The molecule has 0 aromatic rings. The summed E-state index contributed by atoms with van der Waals surface area (Å²) in [6.07, 6.45) is 2.68. The van der Waals surface area contributed by atoms with Gasteiger partial charge in [-0.3, -0.25) is 0 Å². The number of rotatable bonds is 6. The summed E-state index contributed by atoms with van der Waals surface area (Å²) in [7, 11) is 3.96. The van der Waals surface area contributed by atoms with Crippen LogP contribution in [0.4, 0.5) is 4.79 Å². The van der Waals surface area contributed by atoms with Gasteiger partial charge in [-0.1, -0.05) is 20.3 Å². The fraction of sp³-hybridized carbons (Fsp3) is 0.857. The average Bonchev–Trinajstić information content (AvgIpc) is 2.81. The van der Waals surface area contributed by atoms with E-state index in [2.05, 4.69) is 10.2 Å². The van der Waals surface area contributed by atoms with Crippen LogP contribution in [-0.2, 0) is 4.79 Å². The third kappa shape index (κ3) is 4.37. The molecule has 0 aromatic carbocycles. The summed E-state index contributed by atoms with van der Waals surface area (Å²) in [5.41, 5.74) is 0. The first-order chi connectivity index (χ1) is 9.36. The van der Waals surface area contributed by atoms with Crippen molar-refractivity contribution in [1.29, 1.82) is 0 Å². The van der Waals surface area contributed by atoms with E-state index < -0.39 is 12.0 Å². The summed E-state index contributed by atoms with van der Waals surface area (Å²) < 4.78 is 0. The lowest BCUT2D eigenvalue weighted by Crippen LogP contribution is -2.53. The van der Waals surface area contributed by atoms with Gasteiger partial charge in [0.2, 0.25) is 0 Å². The van der Waals surface area contributed by atoms with Crippen LogP contribution in [0.3, 0.4) is 0 Å². The SMILES string of the molecule is CC[C@H](C)[C@H](NC(=O)N1CCCC1CN(C)C)C(=O)O. The number of carbonyl (C=O) groups is 2. The monoisotopic (exact) mass is 285 g/mol. The summed E-state index contributed by atoms with van der Waals surface area (Å²) in [4.78, 5) is 27.4. The number of aliphatic carboxylic acids is 1. The van der Waals surface area contributed by atoms with E-state index >= 15 is 0 Å². The van der Waals surface area contributed by atoms with Gasteiger partial charge in [-0.05, 0) is 32.9 Å². The van der Waals surface area contributed by atoms with E-state index in [1.807, 2.05) is 27.9 Å². The number of carboxylic acid groups (broad SMARTS) is 1. The Kier molecular flexibility index (Phi) is 6.26. The third-order valence-electron chi connectivity index (χ3n) is 3.97. The molecule has 0 aromatic heterocycles. The van der Waals surface area contributed by atoms with Crippen molar-refractivity contribution in [3.63, 3.8) is 0 Å². The van der Waals surface area contributed by atoms with E-state index in [1.165, 1.54) is 0 Å². The standard InChI is InChI=1S/C14H27N3O3/c1-5-10(2)12(13(18)19)15-14(20)17-8-6-7-11(17)9-16(3)4/h10-12H,5-9H2,1-4H3,(H,15,20)(H,18,19)/t10-,11?,12-/m0/s1. The maximum atomic E-state index is 12.3. The maximum absolute atomic E-state index is 12.3. The smallest absolute Gasteiger partial charge is 0.326 e. The number of nitrogens with one attached hydrogen (secondary N) is 1. The molecule has 2 amide bonds. The molecule has 0 saturated carbocycles. The Morgan fingerprint density at radius 3 is 2.60 bits per heavy atom. The highest BCUT2D eigenvalue weighted by Crippen LogP contribution is 2.18. The zero-order chi connectivity index (χ0) is 15.3. The van der Waals surface area contributed by atoms with Crippen LogP contribution in [-0.4, -0.2) is 66.2 Å². The summed E-state index contributed by atoms with van der Waals surface area (Å²) in [5, 5.41) is 11.9. The Hall–Kier alpha value is -1.30. The summed E-state index contributed by atoms with van der Waals surface area (Å²) in [6, 6.07) is -0.883. The first kappa shape index (κ1) is 16.8. The molecule has 6 heteroatoms. The van der Waals surface area contributed by atoms with Gasteiger partial charge in [0, 0.05) is 19.1 Å². The van der Waals surface area contributed by atoms with Gasteiger partial charge in [-0.25, -0.2) is 9.59 Å². The zero-order valence-electron chi connectivity index (χ0n) is 12.9. The van der Waals surface area contributed by atoms with Crippen LogP contribution in [0.2, 0.25) is 0 Å². The topological polar surface area (TPSA) is 72.9 Å². The number of hydrogen-bond acceptors (Lipinski definition) is 3. The summed E-state index contributed by atoms with van der Waals surface area (Å²) in [6.45, 7) is 5.30. The normalized spacial score (nSPS) is 21.9. The predicted octanol–water partition coefficient (Wildman–Crippen LogP) is 1.22. The van der Waals surface area contributed by atoms with Gasteiger partial charge in [-0.15, -0.1) is 0 Å². The molecule has 116 valence electrons. The van der Waals surface area contributed by atoms with Crippen molar-refractivity contribution in [2.45, 2.75) is 45.2 Å². The van der Waals surface area contributed by atoms with E-state index in [4.69, 9.17) is 0 Å². The minimum Gasteiger partial charge on any atom is -0.480 e. The highest BCUT2D eigenvalue weighted by Gasteiger charge is 2.32. The fourth-order valence-corrected chi connectivity index (χ4v) is 2.61. The molecule has 3 atom stereocenters. The first-order valence-corrected chi connectivity index (χ1v) is 7.31. The van der Waals surface area contributed by atoms with Crippen molar-refractivity contribution in [2.24, 2.45) is 5.92 Å². The largest absolute Gasteiger partial charge is 0.480 e. The van der Waals surface area contributed by atoms with Crippen LogP contribution < -0.4 is 5.32 Å². The van der Waals surface area contributed by atoms with Crippen molar-refractivity contribution < 1.29 is 14.7 Å². The number of likely N-dealkylation sites (N-methyl/N-ethyl adjacent to an activating group) is 1. The molecule has 20 heavy (non-hydrogen) atoms. The van der Waals surface area contributed by atoms with Crippen molar-refractivity contribution in [2.75, 3.05) is 27.2 Å². The molecule has 0 radical (unpaired) electrons.